The quantitative estimate of drug-likeness (QED) is 0.533. The van der Waals surface area contributed by atoms with E-state index in [0.29, 0.717) is 18.0 Å². The number of benzene rings is 3. The summed E-state index contributed by atoms with van der Waals surface area (Å²) in [6.45, 7) is 3.78. The van der Waals surface area contributed by atoms with Crippen LogP contribution >= 0.6 is 0 Å². The third-order valence-electron chi connectivity index (χ3n) is 4.97. The second-order valence-electron chi connectivity index (χ2n) is 7.48. The summed E-state index contributed by atoms with van der Waals surface area (Å²) in [6.07, 6.45) is 0.779. The molecule has 3 aromatic carbocycles. The number of hydrogen-bond acceptors (Lipinski definition) is 3. The Balaban J connectivity index is 1.57. The highest BCUT2D eigenvalue weighted by atomic mass is 16.5. The minimum Gasteiger partial charge on any atom is -0.482 e. The zero-order valence-corrected chi connectivity index (χ0v) is 17.9. The molecule has 0 spiro atoms. The van der Waals surface area contributed by atoms with Crippen LogP contribution in [0.25, 0.3) is 0 Å². The second kappa shape index (κ2) is 11.0. The Morgan fingerprint density at radius 3 is 2.10 bits per heavy atom. The van der Waals surface area contributed by atoms with Crippen LogP contribution in [0, 0.1) is 6.92 Å². The van der Waals surface area contributed by atoms with E-state index >= 15 is 0 Å². The molecule has 0 aromatic heterocycles. The molecule has 2 amide bonds. The number of carbonyl (C=O) groups is 2. The van der Waals surface area contributed by atoms with Crippen LogP contribution in [0.3, 0.4) is 0 Å². The van der Waals surface area contributed by atoms with E-state index < -0.39 is 0 Å². The SMILES string of the molecule is CC(=O)Nc1ccc(C)cc1OCC(=O)NCCC(c1ccccc1)c1ccccc1. The van der Waals surface area contributed by atoms with E-state index in [9.17, 15) is 9.59 Å². The number of nitrogens with one attached hydrogen (secondary N) is 2. The van der Waals surface area contributed by atoms with Crippen molar-refractivity contribution in [3.63, 3.8) is 0 Å². The number of anilines is 1. The fraction of sp³-hybridized carbons (Fsp3) is 0.231. The van der Waals surface area contributed by atoms with Gasteiger partial charge < -0.3 is 15.4 Å². The maximum absolute atomic E-state index is 12.4. The summed E-state index contributed by atoms with van der Waals surface area (Å²) in [4.78, 5) is 23.7. The lowest BCUT2D eigenvalue weighted by Crippen LogP contribution is -2.30. The van der Waals surface area contributed by atoms with E-state index in [1.807, 2.05) is 49.4 Å². The molecule has 0 saturated heterocycles. The summed E-state index contributed by atoms with van der Waals surface area (Å²) in [5, 5.41) is 5.67. The summed E-state index contributed by atoms with van der Waals surface area (Å²) >= 11 is 0. The predicted octanol–water partition coefficient (Wildman–Crippen LogP) is 4.67. The first-order chi connectivity index (χ1) is 15.0. The van der Waals surface area contributed by atoms with Crippen LogP contribution in [-0.4, -0.2) is 25.0 Å². The molecule has 5 heteroatoms. The number of hydrogen-bond donors (Lipinski definition) is 2. The molecule has 0 aliphatic heterocycles. The highest BCUT2D eigenvalue weighted by Crippen LogP contribution is 2.28. The van der Waals surface area contributed by atoms with Crippen molar-refractivity contribution in [1.82, 2.24) is 5.32 Å². The standard InChI is InChI=1S/C26H28N2O3/c1-19-13-14-24(28-20(2)29)25(17-19)31-18-26(30)27-16-15-23(21-9-5-3-6-10-21)22-11-7-4-8-12-22/h3-14,17,23H,15-16,18H2,1-2H3,(H,27,30)(H,28,29). The maximum atomic E-state index is 12.4. The van der Waals surface area contributed by atoms with E-state index in [1.165, 1.54) is 18.1 Å². The Morgan fingerprint density at radius 2 is 1.52 bits per heavy atom. The van der Waals surface area contributed by atoms with E-state index in [-0.39, 0.29) is 24.3 Å². The molecule has 3 aromatic rings. The van der Waals surface area contributed by atoms with E-state index in [1.54, 1.807) is 12.1 Å². The summed E-state index contributed by atoms with van der Waals surface area (Å²) in [5.41, 5.74) is 3.98. The Labute approximate surface area is 183 Å². The smallest absolute Gasteiger partial charge is 0.257 e. The van der Waals surface area contributed by atoms with Crippen molar-refractivity contribution in [1.29, 1.82) is 0 Å². The molecular weight excluding hydrogens is 388 g/mol. The van der Waals surface area contributed by atoms with Crippen molar-refractivity contribution in [2.45, 2.75) is 26.2 Å². The predicted molar refractivity (Wildman–Crippen MR) is 123 cm³/mol. The molecule has 0 radical (unpaired) electrons. The molecule has 0 unspecified atom stereocenters. The Kier molecular flexibility index (Phi) is 7.82. The molecule has 0 saturated carbocycles. The van der Waals surface area contributed by atoms with Gasteiger partial charge in [-0.1, -0.05) is 66.7 Å². The van der Waals surface area contributed by atoms with Gasteiger partial charge in [0.1, 0.15) is 5.75 Å². The molecule has 31 heavy (non-hydrogen) atoms. The van der Waals surface area contributed by atoms with Crippen molar-refractivity contribution in [2.24, 2.45) is 0 Å². The van der Waals surface area contributed by atoms with Crippen molar-refractivity contribution in [3.8, 4) is 5.75 Å². The van der Waals surface area contributed by atoms with Crippen LogP contribution in [0.5, 0.6) is 5.75 Å². The van der Waals surface area contributed by atoms with Gasteiger partial charge in [-0.25, -0.2) is 0 Å². The fourth-order valence-electron chi connectivity index (χ4n) is 3.49. The average molecular weight is 417 g/mol. The van der Waals surface area contributed by atoms with Crippen LogP contribution in [0.1, 0.15) is 36.0 Å². The van der Waals surface area contributed by atoms with Gasteiger partial charge in [-0.2, -0.15) is 0 Å². The Morgan fingerprint density at radius 1 is 0.903 bits per heavy atom. The van der Waals surface area contributed by atoms with Gasteiger partial charge in [-0.05, 0) is 42.2 Å². The van der Waals surface area contributed by atoms with Gasteiger partial charge in [-0.3, -0.25) is 9.59 Å². The van der Waals surface area contributed by atoms with Gasteiger partial charge in [0.2, 0.25) is 5.91 Å². The highest BCUT2D eigenvalue weighted by Gasteiger charge is 2.14. The lowest BCUT2D eigenvalue weighted by Gasteiger charge is -2.18. The molecule has 0 aliphatic rings. The molecule has 0 atom stereocenters. The topological polar surface area (TPSA) is 67.4 Å². The largest absolute Gasteiger partial charge is 0.482 e. The highest BCUT2D eigenvalue weighted by molar-refractivity contribution is 5.90. The summed E-state index contributed by atoms with van der Waals surface area (Å²) < 4.78 is 5.68. The maximum Gasteiger partial charge on any atom is 0.257 e. The number of aryl methyl sites for hydroxylation is 1. The minimum atomic E-state index is -0.199. The minimum absolute atomic E-state index is 0.114. The van der Waals surface area contributed by atoms with Gasteiger partial charge in [0.05, 0.1) is 5.69 Å². The number of carbonyl (C=O) groups excluding carboxylic acids is 2. The first-order valence-corrected chi connectivity index (χ1v) is 10.4. The van der Waals surface area contributed by atoms with Crippen LogP contribution in [0.2, 0.25) is 0 Å². The van der Waals surface area contributed by atoms with Crippen molar-refractivity contribution in [3.05, 3.63) is 95.6 Å². The average Bonchev–Trinajstić information content (AvgIpc) is 2.78. The Bertz CT molecular complexity index is 964. The lowest BCUT2D eigenvalue weighted by atomic mass is 9.88. The van der Waals surface area contributed by atoms with Crippen molar-refractivity contribution >= 4 is 17.5 Å². The van der Waals surface area contributed by atoms with Crippen LogP contribution in [-0.2, 0) is 9.59 Å². The van der Waals surface area contributed by atoms with Crippen LogP contribution in [0.4, 0.5) is 5.69 Å². The van der Waals surface area contributed by atoms with Gasteiger partial charge in [0.15, 0.2) is 6.61 Å². The fourth-order valence-corrected chi connectivity index (χ4v) is 3.49. The first kappa shape index (κ1) is 22.1. The Hall–Kier alpha value is -3.60. The molecule has 0 fully saturated rings. The van der Waals surface area contributed by atoms with Crippen LogP contribution in [0.15, 0.2) is 78.9 Å². The third kappa shape index (κ3) is 6.71. The monoisotopic (exact) mass is 416 g/mol. The summed E-state index contributed by atoms with van der Waals surface area (Å²) in [7, 11) is 0. The van der Waals surface area contributed by atoms with Crippen molar-refractivity contribution in [2.75, 3.05) is 18.5 Å². The van der Waals surface area contributed by atoms with E-state index in [0.717, 1.165) is 12.0 Å². The van der Waals surface area contributed by atoms with Gasteiger partial charge >= 0.3 is 0 Å². The molecule has 3 rings (SSSR count). The zero-order valence-electron chi connectivity index (χ0n) is 17.9. The lowest BCUT2D eigenvalue weighted by molar-refractivity contribution is -0.123. The summed E-state index contributed by atoms with van der Waals surface area (Å²) in [6, 6.07) is 26.1. The first-order valence-electron chi connectivity index (χ1n) is 10.4. The second-order valence-corrected chi connectivity index (χ2v) is 7.48. The molecule has 0 heterocycles. The number of rotatable bonds is 9. The molecule has 160 valence electrons. The van der Waals surface area contributed by atoms with E-state index in [4.69, 9.17) is 4.74 Å². The number of amides is 2. The van der Waals surface area contributed by atoms with Gasteiger partial charge in [-0.15, -0.1) is 0 Å². The molecule has 0 bridgehead atoms. The molecule has 2 N–H and O–H groups in total. The van der Waals surface area contributed by atoms with Crippen LogP contribution < -0.4 is 15.4 Å². The zero-order chi connectivity index (χ0) is 22.1. The normalized spacial score (nSPS) is 10.5. The molecular formula is C26H28N2O3. The number of ether oxygens (including phenoxy) is 1. The molecule has 5 nitrogen and oxygen atoms in total. The molecule has 0 aliphatic carbocycles. The summed E-state index contributed by atoms with van der Waals surface area (Å²) in [5.74, 6) is 0.296. The third-order valence-corrected chi connectivity index (χ3v) is 4.97. The van der Waals surface area contributed by atoms with Gasteiger partial charge in [0.25, 0.3) is 5.91 Å². The van der Waals surface area contributed by atoms with Crippen molar-refractivity contribution < 1.29 is 14.3 Å². The van der Waals surface area contributed by atoms with Gasteiger partial charge in [0, 0.05) is 19.4 Å². The van der Waals surface area contributed by atoms with E-state index in [2.05, 4.69) is 34.9 Å².